The zero-order valence-electron chi connectivity index (χ0n) is 5.48. The van der Waals surface area contributed by atoms with Gasteiger partial charge in [-0.3, -0.25) is 0 Å². The molecule has 2 saturated carbocycles. The third-order valence-corrected chi connectivity index (χ3v) is 2.82. The second kappa shape index (κ2) is 1.29. The fourth-order valence-electron chi connectivity index (χ4n) is 2.24. The standard InChI is InChI=1S/C8H13/c1-8-4-2-7(6-8)3-5-8/h4,7H,2-3,5-6H2,1H3/t7?,8-/m0/s1. The van der Waals surface area contributed by atoms with Crippen LogP contribution in [0.5, 0.6) is 0 Å². The molecule has 0 aromatic heterocycles. The predicted octanol–water partition coefficient (Wildman–Crippen LogP) is 2.40. The lowest BCUT2D eigenvalue weighted by atomic mass is 9.87. The minimum absolute atomic E-state index is 0.685. The van der Waals surface area contributed by atoms with E-state index in [4.69, 9.17) is 0 Å². The van der Waals surface area contributed by atoms with Gasteiger partial charge in [0.05, 0.1) is 0 Å². The molecule has 0 aromatic carbocycles. The van der Waals surface area contributed by atoms with Crippen LogP contribution < -0.4 is 0 Å². The number of hydrogen-bond donors (Lipinski definition) is 0. The van der Waals surface area contributed by atoms with Gasteiger partial charge in [0.15, 0.2) is 0 Å². The highest BCUT2D eigenvalue weighted by Crippen LogP contribution is 2.52. The summed E-state index contributed by atoms with van der Waals surface area (Å²) in [6.07, 6.45) is 8.41. The van der Waals surface area contributed by atoms with Crippen molar-refractivity contribution in [1.82, 2.24) is 0 Å². The molecular formula is C8H13. The van der Waals surface area contributed by atoms with Crippen molar-refractivity contribution in [3.05, 3.63) is 6.42 Å². The fourth-order valence-corrected chi connectivity index (χ4v) is 2.24. The minimum atomic E-state index is 0.685. The van der Waals surface area contributed by atoms with Crippen LogP contribution in [0.25, 0.3) is 0 Å². The average molecular weight is 109 g/mol. The number of rotatable bonds is 0. The van der Waals surface area contributed by atoms with E-state index < -0.39 is 0 Å². The summed E-state index contributed by atoms with van der Waals surface area (Å²) in [5.74, 6) is 1.08. The molecule has 2 rings (SSSR count). The summed E-state index contributed by atoms with van der Waals surface area (Å²) in [6, 6.07) is 0. The Morgan fingerprint density at radius 3 is 2.62 bits per heavy atom. The molecule has 8 heavy (non-hydrogen) atoms. The van der Waals surface area contributed by atoms with Gasteiger partial charge in [-0.2, -0.15) is 0 Å². The topological polar surface area (TPSA) is 0 Å². The van der Waals surface area contributed by atoms with Crippen molar-refractivity contribution in [2.45, 2.75) is 32.6 Å². The van der Waals surface area contributed by atoms with Gasteiger partial charge in [0.1, 0.15) is 0 Å². The smallest absolute Gasteiger partial charge is 0.0292 e. The van der Waals surface area contributed by atoms with E-state index in [1.165, 1.54) is 25.7 Å². The molecule has 0 aliphatic heterocycles. The van der Waals surface area contributed by atoms with E-state index >= 15 is 0 Å². The highest BCUT2D eigenvalue weighted by molar-refractivity contribution is 5.03. The Kier molecular flexibility index (Phi) is 0.778. The maximum Gasteiger partial charge on any atom is -0.0292 e. The molecule has 1 unspecified atom stereocenters. The quantitative estimate of drug-likeness (QED) is 0.448. The maximum atomic E-state index is 2.53. The van der Waals surface area contributed by atoms with Crippen molar-refractivity contribution in [2.75, 3.05) is 0 Å². The maximum absolute atomic E-state index is 2.53. The third kappa shape index (κ3) is 0.519. The predicted molar refractivity (Wildman–Crippen MR) is 34.4 cm³/mol. The van der Waals surface area contributed by atoms with E-state index in [1.807, 2.05) is 0 Å². The van der Waals surface area contributed by atoms with Crippen LogP contribution in [0.1, 0.15) is 32.6 Å². The van der Waals surface area contributed by atoms with Crippen molar-refractivity contribution < 1.29 is 0 Å². The molecule has 45 valence electrons. The van der Waals surface area contributed by atoms with Crippen LogP contribution >= 0.6 is 0 Å². The van der Waals surface area contributed by atoms with Gasteiger partial charge in [-0.25, -0.2) is 0 Å². The first-order valence-electron chi connectivity index (χ1n) is 3.63. The minimum Gasteiger partial charge on any atom is -0.0594 e. The largest absolute Gasteiger partial charge is 0.0594 e. The molecule has 2 aliphatic rings. The lowest BCUT2D eigenvalue weighted by Crippen LogP contribution is -2.07. The second-order valence-corrected chi connectivity index (χ2v) is 3.70. The molecule has 2 aliphatic carbocycles. The van der Waals surface area contributed by atoms with Crippen molar-refractivity contribution in [3.8, 4) is 0 Å². The van der Waals surface area contributed by atoms with Gasteiger partial charge in [-0.05, 0) is 43.4 Å². The summed E-state index contributed by atoms with van der Waals surface area (Å²) >= 11 is 0. The molecule has 1 radical (unpaired) electrons. The molecule has 2 fully saturated rings. The number of fused-ring (bicyclic) bond motifs is 2. The zero-order chi connectivity index (χ0) is 5.61. The van der Waals surface area contributed by atoms with Crippen LogP contribution in [-0.4, -0.2) is 0 Å². The van der Waals surface area contributed by atoms with Crippen LogP contribution in [0.2, 0.25) is 0 Å². The summed E-state index contributed by atoms with van der Waals surface area (Å²) in [5.41, 5.74) is 0.685. The average Bonchev–Trinajstić information content (AvgIpc) is 2.21. The first-order valence-corrected chi connectivity index (χ1v) is 3.63. The molecule has 0 heterocycles. The SMILES string of the molecule is C[C@]12[CH]CC(CC1)C2. The molecule has 0 heteroatoms. The van der Waals surface area contributed by atoms with Crippen molar-refractivity contribution >= 4 is 0 Å². The molecule has 2 atom stereocenters. The number of hydrogen-bond acceptors (Lipinski definition) is 0. The van der Waals surface area contributed by atoms with Crippen molar-refractivity contribution in [1.29, 1.82) is 0 Å². The van der Waals surface area contributed by atoms with Crippen LogP contribution in [0.3, 0.4) is 0 Å². The van der Waals surface area contributed by atoms with Gasteiger partial charge in [0, 0.05) is 0 Å². The van der Waals surface area contributed by atoms with Crippen LogP contribution in [0.4, 0.5) is 0 Å². The van der Waals surface area contributed by atoms with Gasteiger partial charge in [-0.15, -0.1) is 0 Å². The summed E-state index contributed by atoms with van der Waals surface area (Å²) in [5, 5.41) is 0. The Bertz CT molecular complexity index is 96.6. The van der Waals surface area contributed by atoms with Crippen LogP contribution in [-0.2, 0) is 0 Å². The molecule has 0 N–H and O–H groups in total. The Labute approximate surface area is 51.3 Å². The first-order chi connectivity index (χ1) is 3.79. The van der Waals surface area contributed by atoms with Gasteiger partial charge in [0.25, 0.3) is 0 Å². The summed E-state index contributed by atoms with van der Waals surface area (Å²) in [4.78, 5) is 0. The molecule has 0 amide bonds. The monoisotopic (exact) mass is 109 g/mol. The Morgan fingerprint density at radius 1 is 1.62 bits per heavy atom. The highest BCUT2D eigenvalue weighted by atomic mass is 14.5. The van der Waals surface area contributed by atoms with E-state index in [2.05, 4.69) is 13.3 Å². The zero-order valence-corrected chi connectivity index (χ0v) is 5.48. The summed E-state index contributed by atoms with van der Waals surface area (Å²) in [7, 11) is 0. The van der Waals surface area contributed by atoms with Crippen molar-refractivity contribution in [2.24, 2.45) is 11.3 Å². The lowest BCUT2D eigenvalue weighted by molar-refractivity contribution is 0.421. The van der Waals surface area contributed by atoms with Crippen LogP contribution in [0, 0.1) is 17.8 Å². The van der Waals surface area contributed by atoms with Crippen LogP contribution in [0.15, 0.2) is 0 Å². The summed E-state index contributed by atoms with van der Waals surface area (Å²) < 4.78 is 0. The molecule has 0 aromatic rings. The van der Waals surface area contributed by atoms with E-state index in [9.17, 15) is 0 Å². The Morgan fingerprint density at radius 2 is 2.50 bits per heavy atom. The molecule has 0 nitrogen and oxygen atoms in total. The van der Waals surface area contributed by atoms with Gasteiger partial charge in [-0.1, -0.05) is 6.92 Å². The normalized spacial score (nSPS) is 52.9. The van der Waals surface area contributed by atoms with E-state index in [0.29, 0.717) is 5.41 Å². The summed E-state index contributed by atoms with van der Waals surface area (Å²) in [6.45, 7) is 2.40. The fraction of sp³-hybridized carbons (Fsp3) is 0.875. The molecule has 0 spiro atoms. The third-order valence-electron chi connectivity index (χ3n) is 2.82. The Hall–Kier alpha value is 0. The second-order valence-electron chi connectivity index (χ2n) is 3.70. The van der Waals surface area contributed by atoms with Gasteiger partial charge < -0.3 is 0 Å². The lowest BCUT2D eigenvalue weighted by Gasteiger charge is -2.18. The molecular weight excluding hydrogens is 96.1 g/mol. The van der Waals surface area contributed by atoms with E-state index in [0.717, 1.165) is 5.92 Å². The Balaban J connectivity index is 2.19. The van der Waals surface area contributed by atoms with Gasteiger partial charge in [0.2, 0.25) is 0 Å². The van der Waals surface area contributed by atoms with Gasteiger partial charge >= 0.3 is 0 Å². The first kappa shape index (κ1) is 4.84. The molecule has 0 saturated heterocycles. The van der Waals surface area contributed by atoms with E-state index in [1.54, 1.807) is 0 Å². The molecule has 2 bridgehead atoms. The van der Waals surface area contributed by atoms with Crippen molar-refractivity contribution in [3.63, 3.8) is 0 Å². The van der Waals surface area contributed by atoms with E-state index in [-0.39, 0.29) is 0 Å². The highest BCUT2D eigenvalue weighted by Gasteiger charge is 2.40.